The maximum absolute atomic E-state index is 12.9. The van der Waals surface area contributed by atoms with Gasteiger partial charge >= 0.3 is 0 Å². The van der Waals surface area contributed by atoms with Crippen molar-refractivity contribution in [3.8, 4) is 5.75 Å². The summed E-state index contributed by atoms with van der Waals surface area (Å²) >= 11 is 4.75. The second-order valence-electron chi connectivity index (χ2n) is 7.45. The molecular weight excluding hydrogens is 422 g/mol. The quantitative estimate of drug-likeness (QED) is 0.469. The number of aromatic nitrogens is 2. The number of ether oxygens (including phenoxy) is 1. The Hall–Kier alpha value is -1.25. The molecule has 0 unspecified atom stereocenters. The largest absolute Gasteiger partial charge is 0.497 e. The van der Waals surface area contributed by atoms with E-state index in [1.807, 2.05) is 12.1 Å². The molecule has 1 aromatic heterocycles. The highest BCUT2D eigenvalue weighted by atomic mass is 32.2. The average molecular weight is 452 g/mol. The van der Waals surface area contributed by atoms with E-state index in [1.54, 1.807) is 30.2 Å². The Morgan fingerprint density at radius 1 is 1.14 bits per heavy atom. The molecule has 0 aliphatic heterocycles. The van der Waals surface area contributed by atoms with Gasteiger partial charge in [-0.3, -0.25) is 4.79 Å². The van der Waals surface area contributed by atoms with Crippen LogP contribution in [0.1, 0.15) is 51.5 Å². The number of carbonyl (C=O) groups is 1. The van der Waals surface area contributed by atoms with Gasteiger partial charge in [-0.05, 0) is 44.4 Å². The minimum atomic E-state index is 0.222. The van der Waals surface area contributed by atoms with Crippen LogP contribution in [0.3, 0.4) is 0 Å². The van der Waals surface area contributed by atoms with E-state index in [2.05, 4.69) is 41.1 Å². The molecule has 158 valence electrons. The summed E-state index contributed by atoms with van der Waals surface area (Å²) in [6, 6.07) is 8.71. The van der Waals surface area contributed by atoms with Crippen molar-refractivity contribution in [3.05, 3.63) is 29.8 Å². The van der Waals surface area contributed by atoms with Gasteiger partial charge in [0.2, 0.25) is 5.91 Å². The number of benzene rings is 1. The third-order valence-electron chi connectivity index (χ3n) is 5.04. The van der Waals surface area contributed by atoms with Gasteiger partial charge in [0, 0.05) is 17.8 Å². The maximum Gasteiger partial charge on any atom is 0.233 e. The van der Waals surface area contributed by atoms with E-state index in [0.29, 0.717) is 11.8 Å². The van der Waals surface area contributed by atoms with E-state index >= 15 is 0 Å². The lowest BCUT2D eigenvalue weighted by molar-refractivity contribution is -0.133. The Kier molecular flexibility index (Phi) is 8.68. The maximum atomic E-state index is 12.9. The fourth-order valence-electron chi connectivity index (χ4n) is 3.65. The number of rotatable bonds is 9. The molecule has 0 N–H and O–H groups in total. The molecule has 29 heavy (non-hydrogen) atoms. The van der Waals surface area contributed by atoms with Gasteiger partial charge in [-0.15, -0.1) is 10.2 Å². The molecule has 0 spiro atoms. The lowest BCUT2D eigenvalue weighted by Crippen LogP contribution is -2.46. The van der Waals surface area contributed by atoms with Crippen LogP contribution in [0.4, 0.5) is 0 Å². The molecule has 0 radical (unpaired) electrons. The molecule has 0 saturated heterocycles. The summed E-state index contributed by atoms with van der Waals surface area (Å²) in [4.78, 5) is 15.0. The molecule has 1 aliphatic rings. The van der Waals surface area contributed by atoms with Crippen LogP contribution >= 0.6 is 34.9 Å². The Morgan fingerprint density at radius 3 is 2.41 bits per heavy atom. The minimum absolute atomic E-state index is 0.222. The summed E-state index contributed by atoms with van der Waals surface area (Å²) in [6.07, 6.45) is 6.05. The number of amides is 1. The first-order valence-corrected chi connectivity index (χ1v) is 12.9. The minimum Gasteiger partial charge on any atom is -0.497 e. The van der Waals surface area contributed by atoms with Crippen molar-refractivity contribution in [2.45, 2.75) is 72.5 Å². The van der Waals surface area contributed by atoms with Crippen LogP contribution < -0.4 is 4.74 Å². The van der Waals surface area contributed by atoms with Crippen molar-refractivity contribution < 1.29 is 9.53 Å². The molecular formula is C21H29N3O2S3. The van der Waals surface area contributed by atoms with Gasteiger partial charge in [-0.2, -0.15) is 0 Å². The first-order valence-electron chi connectivity index (χ1n) is 10.1. The van der Waals surface area contributed by atoms with Crippen molar-refractivity contribution in [2.75, 3.05) is 12.9 Å². The van der Waals surface area contributed by atoms with Crippen molar-refractivity contribution in [3.63, 3.8) is 0 Å². The van der Waals surface area contributed by atoms with Crippen LogP contribution in [-0.4, -0.2) is 46.0 Å². The van der Waals surface area contributed by atoms with Crippen molar-refractivity contribution >= 4 is 40.8 Å². The van der Waals surface area contributed by atoms with Crippen LogP contribution in [-0.2, 0) is 10.5 Å². The summed E-state index contributed by atoms with van der Waals surface area (Å²) in [5, 5.41) is 8.54. The molecule has 3 rings (SSSR count). The van der Waals surface area contributed by atoms with E-state index < -0.39 is 0 Å². The molecule has 1 fully saturated rings. The molecule has 0 atom stereocenters. The topological polar surface area (TPSA) is 55.3 Å². The molecule has 8 heteroatoms. The van der Waals surface area contributed by atoms with E-state index in [4.69, 9.17) is 4.74 Å². The SMILES string of the molecule is COc1ccc(CSc2nnc(SCC(=O)N(C(C)C)C3CCCCC3)s2)cc1. The van der Waals surface area contributed by atoms with Gasteiger partial charge in [0.15, 0.2) is 8.68 Å². The highest BCUT2D eigenvalue weighted by Gasteiger charge is 2.27. The van der Waals surface area contributed by atoms with Crippen LogP contribution in [0.2, 0.25) is 0 Å². The summed E-state index contributed by atoms with van der Waals surface area (Å²) in [6.45, 7) is 4.24. The highest BCUT2D eigenvalue weighted by molar-refractivity contribution is 8.03. The highest BCUT2D eigenvalue weighted by Crippen LogP contribution is 2.32. The fraction of sp³-hybridized carbons (Fsp3) is 0.571. The molecule has 1 aromatic carbocycles. The molecule has 1 heterocycles. The van der Waals surface area contributed by atoms with Gasteiger partial charge in [-0.25, -0.2) is 0 Å². The Balaban J connectivity index is 1.49. The zero-order chi connectivity index (χ0) is 20.6. The summed E-state index contributed by atoms with van der Waals surface area (Å²) in [5.74, 6) is 2.36. The molecule has 1 saturated carbocycles. The fourth-order valence-corrected chi connectivity index (χ4v) is 6.50. The zero-order valence-corrected chi connectivity index (χ0v) is 19.7. The second-order valence-corrected chi connectivity index (χ2v) is 10.9. The van der Waals surface area contributed by atoms with E-state index in [0.717, 1.165) is 33.0 Å². The first kappa shape index (κ1) is 22.4. The number of nitrogens with zero attached hydrogens (tertiary/aromatic N) is 3. The number of hydrogen-bond acceptors (Lipinski definition) is 7. The van der Waals surface area contributed by atoms with E-state index in [-0.39, 0.29) is 11.9 Å². The Bertz CT molecular complexity index is 774. The number of methoxy groups -OCH3 is 1. The predicted octanol–water partition coefficient (Wildman–Crippen LogP) is 5.50. The second kappa shape index (κ2) is 11.2. The number of thioether (sulfide) groups is 2. The molecule has 5 nitrogen and oxygen atoms in total. The predicted molar refractivity (Wildman–Crippen MR) is 122 cm³/mol. The molecule has 0 bridgehead atoms. The molecule has 1 amide bonds. The Labute approximate surface area is 186 Å². The standard InChI is InChI=1S/C21H29N3O2S3/c1-15(2)24(17-7-5-4-6-8-17)19(25)14-28-21-23-22-20(29-21)27-13-16-9-11-18(26-3)12-10-16/h9-12,15,17H,4-8,13-14H2,1-3H3. The average Bonchev–Trinajstić information content (AvgIpc) is 3.20. The zero-order valence-electron chi connectivity index (χ0n) is 17.3. The van der Waals surface area contributed by atoms with Crippen LogP contribution in [0.25, 0.3) is 0 Å². The Morgan fingerprint density at radius 2 is 1.79 bits per heavy atom. The summed E-state index contributed by atoms with van der Waals surface area (Å²) in [5.41, 5.74) is 1.22. The smallest absolute Gasteiger partial charge is 0.233 e. The van der Waals surface area contributed by atoms with Crippen LogP contribution in [0.15, 0.2) is 32.9 Å². The normalized spacial score (nSPS) is 14.9. The van der Waals surface area contributed by atoms with Gasteiger partial charge < -0.3 is 9.64 Å². The van der Waals surface area contributed by atoms with Crippen LogP contribution in [0, 0.1) is 0 Å². The van der Waals surface area contributed by atoms with Crippen molar-refractivity contribution in [1.82, 2.24) is 15.1 Å². The lowest BCUT2D eigenvalue weighted by Gasteiger charge is -2.37. The summed E-state index contributed by atoms with van der Waals surface area (Å²) in [7, 11) is 1.67. The van der Waals surface area contributed by atoms with Crippen molar-refractivity contribution in [1.29, 1.82) is 0 Å². The lowest BCUT2D eigenvalue weighted by atomic mass is 9.93. The molecule has 1 aliphatic carbocycles. The first-order chi connectivity index (χ1) is 14.1. The van der Waals surface area contributed by atoms with Gasteiger partial charge in [0.05, 0.1) is 12.9 Å². The third-order valence-corrected chi connectivity index (χ3v) is 8.29. The van der Waals surface area contributed by atoms with Gasteiger partial charge in [0.1, 0.15) is 5.75 Å². The van der Waals surface area contributed by atoms with E-state index in [1.165, 1.54) is 36.6 Å². The monoisotopic (exact) mass is 451 g/mol. The number of carbonyl (C=O) groups excluding carboxylic acids is 1. The third kappa shape index (κ3) is 6.62. The van der Waals surface area contributed by atoms with Crippen molar-refractivity contribution in [2.24, 2.45) is 0 Å². The van der Waals surface area contributed by atoms with Gasteiger partial charge in [-0.1, -0.05) is 66.3 Å². The number of hydrogen-bond donors (Lipinski definition) is 0. The summed E-state index contributed by atoms with van der Waals surface area (Å²) < 4.78 is 6.99. The van der Waals surface area contributed by atoms with E-state index in [9.17, 15) is 4.79 Å². The van der Waals surface area contributed by atoms with Crippen LogP contribution in [0.5, 0.6) is 5.75 Å². The molecule has 2 aromatic rings. The van der Waals surface area contributed by atoms with Gasteiger partial charge in [0.25, 0.3) is 0 Å².